The second kappa shape index (κ2) is 4.86. The molecule has 0 radical (unpaired) electrons. The molecule has 5 heteroatoms. The lowest BCUT2D eigenvalue weighted by Gasteiger charge is -2.36. The molecule has 0 bridgehead atoms. The van der Waals surface area contributed by atoms with E-state index < -0.39 is 11.4 Å². The minimum atomic E-state index is -0.862. The van der Waals surface area contributed by atoms with Crippen LogP contribution in [0.4, 0.5) is 4.39 Å². The molecule has 2 rings (SSSR count). The molecule has 1 heterocycles. The van der Waals surface area contributed by atoms with Gasteiger partial charge in [0.2, 0.25) is 0 Å². The SMILES string of the molecule is CC1(O)CCCN(C(=O)c2ccc(Cl)c(F)c2)C1. The molecule has 1 aliphatic rings. The van der Waals surface area contributed by atoms with E-state index in [2.05, 4.69) is 0 Å². The maximum absolute atomic E-state index is 13.3. The van der Waals surface area contributed by atoms with Gasteiger partial charge in [-0.2, -0.15) is 0 Å². The summed E-state index contributed by atoms with van der Waals surface area (Å²) in [7, 11) is 0. The van der Waals surface area contributed by atoms with Crippen molar-refractivity contribution >= 4 is 17.5 Å². The lowest BCUT2D eigenvalue weighted by Crippen LogP contribution is -2.48. The lowest BCUT2D eigenvalue weighted by molar-refractivity contribution is -0.0107. The zero-order chi connectivity index (χ0) is 13.3. The van der Waals surface area contributed by atoms with E-state index in [1.807, 2.05) is 0 Å². The van der Waals surface area contributed by atoms with Crippen LogP contribution in [-0.2, 0) is 0 Å². The molecule has 0 aliphatic carbocycles. The van der Waals surface area contributed by atoms with Gasteiger partial charge in [-0.25, -0.2) is 4.39 Å². The van der Waals surface area contributed by atoms with Crippen molar-refractivity contribution in [2.45, 2.75) is 25.4 Å². The fourth-order valence-corrected chi connectivity index (χ4v) is 2.32. The van der Waals surface area contributed by atoms with Crippen LogP contribution >= 0.6 is 11.6 Å². The van der Waals surface area contributed by atoms with Crippen LogP contribution in [-0.4, -0.2) is 34.6 Å². The standard InChI is InChI=1S/C13H15ClFNO2/c1-13(18)5-2-6-16(8-13)12(17)9-3-4-10(14)11(15)7-9/h3-4,7,18H,2,5-6,8H2,1H3. The molecule has 1 unspecified atom stereocenters. The molecule has 18 heavy (non-hydrogen) atoms. The molecule has 1 aromatic rings. The average Bonchev–Trinajstić information content (AvgIpc) is 2.30. The number of hydrogen-bond donors (Lipinski definition) is 1. The fraction of sp³-hybridized carbons (Fsp3) is 0.462. The van der Waals surface area contributed by atoms with E-state index in [4.69, 9.17) is 11.6 Å². The maximum atomic E-state index is 13.3. The van der Waals surface area contributed by atoms with Crippen molar-refractivity contribution < 1.29 is 14.3 Å². The summed E-state index contributed by atoms with van der Waals surface area (Å²) < 4.78 is 13.3. The Bertz CT molecular complexity index is 476. The molecule has 3 nitrogen and oxygen atoms in total. The highest BCUT2D eigenvalue weighted by molar-refractivity contribution is 6.30. The van der Waals surface area contributed by atoms with Crippen LogP contribution < -0.4 is 0 Å². The topological polar surface area (TPSA) is 40.5 Å². The Kier molecular flexibility index (Phi) is 3.59. The Morgan fingerprint density at radius 2 is 2.28 bits per heavy atom. The monoisotopic (exact) mass is 271 g/mol. The van der Waals surface area contributed by atoms with E-state index >= 15 is 0 Å². The van der Waals surface area contributed by atoms with Gasteiger partial charge in [0, 0.05) is 18.7 Å². The first-order valence-electron chi connectivity index (χ1n) is 5.86. The molecule has 1 amide bonds. The zero-order valence-corrected chi connectivity index (χ0v) is 10.9. The minimum absolute atomic E-state index is 0.00260. The summed E-state index contributed by atoms with van der Waals surface area (Å²) in [6.45, 7) is 2.56. The van der Waals surface area contributed by atoms with Crippen LogP contribution in [0.1, 0.15) is 30.1 Å². The molecule has 1 saturated heterocycles. The van der Waals surface area contributed by atoms with Gasteiger partial charge in [0.25, 0.3) is 5.91 Å². The van der Waals surface area contributed by atoms with Crippen molar-refractivity contribution in [2.75, 3.05) is 13.1 Å². The van der Waals surface area contributed by atoms with E-state index in [1.54, 1.807) is 11.8 Å². The highest BCUT2D eigenvalue weighted by Crippen LogP contribution is 2.23. The highest BCUT2D eigenvalue weighted by atomic mass is 35.5. The van der Waals surface area contributed by atoms with E-state index in [-0.39, 0.29) is 23.0 Å². The smallest absolute Gasteiger partial charge is 0.254 e. The second-order valence-electron chi connectivity index (χ2n) is 4.96. The fourth-order valence-electron chi connectivity index (χ4n) is 2.21. The van der Waals surface area contributed by atoms with Crippen molar-refractivity contribution in [3.8, 4) is 0 Å². The summed E-state index contributed by atoms with van der Waals surface area (Å²) in [6.07, 6.45) is 1.42. The zero-order valence-electron chi connectivity index (χ0n) is 10.1. The van der Waals surface area contributed by atoms with Gasteiger partial charge >= 0.3 is 0 Å². The normalized spacial score (nSPS) is 24.1. The summed E-state index contributed by atoms with van der Waals surface area (Å²) in [5.74, 6) is -0.878. The molecule has 0 spiro atoms. The number of rotatable bonds is 1. The number of hydrogen-bond acceptors (Lipinski definition) is 2. The van der Waals surface area contributed by atoms with Gasteiger partial charge in [-0.1, -0.05) is 11.6 Å². The van der Waals surface area contributed by atoms with Crippen LogP contribution in [0.3, 0.4) is 0 Å². The van der Waals surface area contributed by atoms with E-state index in [0.717, 1.165) is 12.5 Å². The van der Waals surface area contributed by atoms with Crippen LogP contribution in [0.5, 0.6) is 0 Å². The molecular formula is C13H15ClFNO2. The first-order chi connectivity index (χ1) is 8.39. The van der Waals surface area contributed by atoms with Gasteiger partial charge in [0.05, 0.1) is 10.6 Å². The van der Waals surface area contributed by atoms with Crippen LogP contribution in [0.15, 0.2) is 18.2 Å². The van der Waals surface area contributed by atoms with Crippen LogP contribution in [0.2, 0.25) is 5.02 Å². The van der Waals surface area contributed by atoms with Gasteiger partial charge in [0.1, 0.15) is 5.82 Å². The Hall–Kier alpha value is -1.13. The number of benzene rings is 1. The Labute approximate surface area is 110 Å². The Balaban J connectivity index is 2.18. The van der Waals surface area contributed by atoms with Gasteiger partial charge in [-0.15, -0.1) is 0 Å². The average molecular weight is 272 g/mol. The van der Waals surface area contributed by atoms with Gasteiger partial charge in [-0.05, 0) is 38.0 Å². The number of nitrogens with zero attached hydrogens (tertiary/aromatic N) is 1. The predicted molar refractivity (Wildman–Crippen MR) is 67.2 cm³/mol. The van der Waals surface area contributed by atoms with E-state index in [1.165, 1.54) is 12.1 Å². The number of carbonyl (C=O) groups excluding carboxylic acids is 1. The minimum Gasteiger partial charge on any atom is -0.388 e. The number of amides is 1. The Morgan fingerprint density at radius 1 is 1.56 bits per heavy atom. The van der Waals surface area contributed by atoms with E-state index in [0.29, 0.717) is 13.0 Å². The van der Waals surface area contributed by atoms with Crippen LogP contribution in [0.25, 0.3) is 0 Å². The second-order valence-corrected chi connectivity index (χ2v) is 5.36. The molecule has 1 aromatic carbocycles. The van der Waals surface area contributed by atoms with Gasteiger partial charge in [-0.3, -0.25) is 4.79 Å². The molecule has 98 valence electrons. The predicted octanol–water partition coefficient (Wildman–Crippen LogP) is 2.47. The molecule has 1 N–H and O–H groups in total. The summed E-state index contributed by atoms with van der Waals surface area (Å²) in [4.78, 5) is 13.7. The highest BCUT2D eigenvalue weighted by Gasteiger charge is 2.31. The van der Waals surface area contributed by atoms with Crippen molar-refractivity contribution in [3.05, 3.63) is 34.6 Å². The summed E-state index contributed by atoms with van der Waals surface area (Å²) in [6, 6.07) is 4.00. The van der Waals surface area contributed by atoms with Crippen molar-refractivity contribution in [3.63, 3.8) is 0 Å². The van der Waals surface area contributed by atoms with Crippen molar-refractivity contribution in [1.29, 1.82) is 0 Å². The third kappa shape index (κ3) is 2.82. The third-order valence-corrected chi connectivity index (χ3v) is 3.44. The molecule has 1 fully saturated rings. The molecule has 1 aliphatic heterocycles. The third-order valence-electron chi connectivity index (χ3n) is 3.13. The number of carbonyl (C=O) groups is 1. The molecule has 1 atom stereocenters. The molecular weight excluding hydrogens is 257 g/mol. The quantitative estimate of drug-likeness (QED) is 0.852. The first kappa shape index (κ1) is 13.3. The van der Waals surface area contributed by atoms with Gasteiger partial charge in [0.15, 0.2) is 0 Å². The summed E-state index contributed by atoms with van der Waals surface area (Å²) in [5, 5.41) is 9.95. The van der Waals surface area contributed by atoms with Crippen LogP contribution in [0, 0.1) is 5.82 Å². The lowest BCUT2D eigenvalue weighted by atomic mass is 9.94. The first-order valence-corrected chi connectivity index (χ1v) is 6.23. The Morgan fingerprint density at radius 3 is 2.89 bits per heavy atom. The van der Waals surface area contributed by atoms with E-state index in [9.17, 15) is 14.3 Å². The van der Waals surface area contributed by atoms with Gasteiger partial charge < -0.3 is 10.0 Å². The summed E-state index contributed by atoms with van der Waals surface area (Å²) in [5.41, 5.74) is -0.603. The number of halogens is 2. The van der Waals surface area contributed by atoms with Crippen molar-refractivity contribution in [2.24, 2.45) is 0 Å². The number of β-amino-alcohol motifs (C(OH)–C–C–N with tert-alkyl or cyclic N) is 1. The number of piperidine rings is 1. The number of likely N-dealkylation sites (tertiary alicyclic amines) is 1. The molecule has 0 aromatic heterocycles. The molecule has 0 saturated carbocycles. The largest absolute Gasteiger partial charge is 0.388 e. The van der Waals surface area contributed by atoms with Crippen molar-refractivity contribution in [1.82, 2.24) is 4.90 Å². The summed E-state index contributed by atoms with van der Waals surface area (Å²) >= 11 is 5.58. The number of aliphatic hydroxyl groups is 1. The maximum Gasteiger partial charge on any atom is 0.254 e.